The summed E-state index contributed by atoms with van der Waals surface area (Å²) in [5.41, 5.74) is 5.87. The molecule has 0 aliphatic carbocycles. The van der Waals surface area contributed by atoms with E-state index in [1.165, 1.54) is 24.4 Å². The van der Waals surface area contributed by atoms with Gasteiger partial charge in [0, 0.05) is 11.8 Å². The first-order chi connectivity index (χ1) is 8.08. The van der Waals surface area contributed by atoms with Crippen molar-refractivity contribution >= 4 is 65.0 Å². The molecule has 1 aromatic heterocycles. The summed E-state index contributed by atoms with van der Waals surface area (Å²) in [5, 5.41) is 9.54. The standard InChI is InChI=1S/C12H9FN2O2.2Na.2H/c13-9-3-1-2-7(4-9)8-5-10(16)11(12(14)17)15-6-8;;;;/h1-6,16H,(H2,14,17);;;;. The van der Waals surface area contributed by atoms with Crippen LogP contribution in [0.1, 0.15) is 10.5 Å². The Morgan fingerprint density at radius 2 is 1.89 bits per heavy atom. The molecule has 0 saturated carbocycles. The third kappa shape index (κ3) is 4.56. The number of aromatic hydroxyl groups is 1. The van der Waals surface area contributed by atoms with Gasteiger partial charge in [-0.2, -0.15) is 0 Å². The SMILES string of the molecule is NC(=O)c1ncc(-c2cccc(F)c2)cc1O.[NaH].[NaH]. The maximum atomic E-state index is 13.0. The van der Waals surface area contributed by atoms with Crippen LogP contribution in [0.4, 0.5) is 4.39 Å². The molecule has 0 aliphatic rings. The van der Waals surface area contributed by atoms with Crippen LogP contribution in [0.5, 0.6) is 5.75 Å². The molecule has 0 aliphatic heterocycles. The molecule has 0 radical (unpaired) electrons. The Hall–Kier alpha value is -0.430. The summed E-state index contributed by atoms with van der Waals surface area (Å²) in [6.45, 7) is 0. The van der Waals surface area contributed by atoms with E-state index in [4.69, 9.17) is 5.73 Å². The van der Waals surface area contributed by atoms with E-state index in [-0.39, 0.29) is 76.4 Å². The van der Waals surface area contributed by atoms with Crippen LogP contribution in [0.15, 0.2) is 36.5 Å². The summed E-state index contributed by atoms with van der Waals surface area (Å²) >= 11 is 0. The van der Waals surface area contributed by atoms with Crippen LogP contribution in [0.25, 0.3) is 11.1 Å². The third-order valence-corrected chi connectivity index (χ3v) is 2.26. The number of carbonyl (C=O) groups is 1. The van der Waals surface area contributed by atoms with E-state index in [1.54, 1.807) is 12.1 Å². The van der Waals surface area contributed by atoms with Crippen LogP contribution in [0, 0.1) is 5.82 Å². The van der Waals surface area contributed by atoms with E-state index >= 15 is 0 Å². The molecule has 4 nitrogen and oxygen atoms in total. The number of aromatic nitrogens is 1. The van der Waals surface area contributed by atoms with Crippen molar-refractivity contribution in [2.24, 2.45) is 5.73 Å². The number of nitrogens with two attached hydrogens (primary N) is 1. The van der Waals surface area contributed by atoms with Crippen molar-refractivity contribution in [1.29, 1.82) is 0 Å². The van der Waals surface area contributed by atoms with Gasteiger partial charge in [-0.3, -0.25) is 4.79 Å². The molecule has 2 rings (SSSR count). The molecule has 2 aromatic rings. The van der Waals surface area contributed by atoms with Crippen LogP contribution in [-0.4, -0.2) is 75.1 Å². The Bertz CT molecular complexity index is 594. The van der Waals surface area contributed by atoms with Gasteiger partial charge in [0.15, 0.2) is 5.69 Å². The topological polar surface area (TPSA) is 76.2 Å². The summed E-state index contributed by atoms with van der Waals surface area (Å²) < 4.78 is 13.0. The zero-order valence-corrected chi connectivity index (χ0v) is 8.72. The summed E-state index contributed by atoms with van der Waals surface area (Å²) in [4.78, 5) is 14.6. The van der Waals surface area contributed by atoms with Gasteiger partial charge in [0.1, 0.15) is 11.6 Å². The molecule has 1 amide bonds. The maximum absolute atomic E-state index is 13.0. The fourth-order valence-electron chi connectivity index (χ4n) is 1.47. The summed E-state index contributed by atoms with van der Waals surface area (Å²) in [7, 11) is 0. The van der Waals surface area contributed by atoms with Gasteiger partial charge in [-0.15, -0.1) is 0 Å². The average Bonchev–Trinajstić information content (AvgIpc) is 2.28. The van der Waals surface area contributed by atoms with Gasteiger partial charge in [-0.25, -0.2) is 9.37 Å². The van der Waals surface area contributed by atoms with E-state index in [9.17, 15) is 14.3 Å². The average molecular weight is 280 g/mol. The van der Waals surface area contributed by atoms with E-state index in [0.29, 0.717) is 11.1 Å². The summed E-state index contributed by atoms with van der Waals surface area (Å²) in [6, 6.07) is 7.16. The zero-order valence-electron chi connectivity index (χ0n) is 8.72. The van der Waals surface area contributed by atoms with Gasteiger partial charge < -0.3 is 10.8 Å². The van der Waals surface area contributed by atoms with Crippen molar-refractivity contribution in [3.05, 3.63) is 48.0 Å². The van der Waals surface area contributed by atoms with Crippen LogP contribution in [0.3, 0.4) is 0 Å². The van der Waals surface area contributed by atoms with Crippen molar-refractivity contribution in [1.82, 2.24) is 4.98 Å². The molecule has 0 spiro atoms. The molecule has 3 N–H and O–H groups in total. The van der Waals surface area contributed by atoms with Crippen molar-refractivity contribution < 1.29 is 14.3 Å². The van der Waals surface area contributed by atoms with E-state index in [2.05, 4.69) is 4.98 Å². The number of amides is 1. The number of nitrogens with zero attached hydrogens (tertiary/aromatic N) is 1. The molecular weight excluding hydrogens is 269 g/mol. The van der Waals surface area contributed by atoms with Crippen LogP contribution >= 0.6 is 0 Å². The van der Waals surface area contributed by atoms with Gasteiger partial charge in [0.05, 0.1) is 0 Å². The second kappa shape index (κ2) is 7.99. The van der Waals surface area contributed by atoms with Crippen molar-refractivity contribution in [3.63, 3.8) is 0 Å². The van der Waals surface area contributed by atoms with Gasteiger partial charge in [0.25, 0.3) is 5.91 Å². The molecule has 1 heterocycles. The third-order valence-electron chi connectivity index (χ3n) is 2.26. The van der Waals surface area contributed by atoms with Crippen LogP contribution < -0.4 is 5.73 Å². The molecular formula is C12H11FN2Na2O2. The number of halogens is 1. The van der Waals surface area contributed by atoms with Crippen molar-refractivity contribution in [2.45, 2.75) is 0 Å². The second-order valence-electron chi connectivity index (χ2n) is 3.47. The molecule has 0 fully saturated rings. The van der Waals surface area contributed by atoms with E-state index in [1.807, 2.05) is 0 Å². The Morgan fingerprint density at radius 3 is 2.42 bits per heavy atom. The number of primary amides is 1. The van der Waals surface area contributed by atoms with Gasteiger partial charge in [0.2, 0.25) is 0 Å². The Balaban J connectivity index is 0.00000162. The number of pyridine rings is 1. The number of hydrogen-bond donors (Lipinski definition) is 2. The predicted molar refractivity (Wildman–Crippen MR) is 74.1 cm³/mol. The summed E-state index contributed by atoms with van der Waals surface area (Å²) in [5.74, 6) is -1.52. The first kappa shape index (κ1) is 18.6. The fraction of sp³-hybridized carbons (Fsp3) is 0. The fourth-order valence-corrected chi connectivity index (χ4v) is 1.47. The van der Waals surface area contributed by atoms with Crippen molar-refractivity contribution in [3.8, 4) is 16.9 Å². The minimum atomic E-state index is -0.812. The first-order valence-electron chi connectivity index (χ1n) is 4.82. The minimum absolute atomic E-state index is 0. The number of hydrogen-bond acceptors (Lipinski definition) is 3. The Labute approximate surface area is 153 Å². The Kier molecular flexibility index (Phi) is 7.81. The molecule has 0 saturated heterocycles. The van der Waals surface area contributed by atoms with Crippen LogP contribution in [0.2, 0.25) is 0 Å². The molecule has 19 heavy (non-hydrogen) atoms. The predicted octanol–water partition coefficient (Wildman–Crippen LogP) is 0.395. The number of carbonyl (C=O) groups excluding carboxylic acids is 1. The van der Waals surface area contributed by atoms with Gasteiger partial charge in [-0.1, -0.05) is 12.1 Å². The van der Waals surface area contributed by atoms with Gasteiger partial charge in [-0.05, 0) is 23.8 Å². The number of rotatable bonds is 2. The van der Waals surface area contributed by atoms with Gasteiger partial charge >= 0.3 is 59.1 Å². The molecule has 0 unspecified atom stereocenters. The van der Waals surface area contributed by atoms with E-state index in [0.717, 1.165) is 0 Å². The normalized spacial score (nSPS) is 9.11. The van der Waals surface area contributed by atoms with Crippen LogP contribution in [-0.2, 0) is 0 Å². The quantitative estimate of drug-likeness (QED) is 0.782. The van der Waals surface area contributed by atoms with Crippen molar-refractivity contribution in [2.75, 3.05) is 0 Å². The monoisotopic (exact) mass is 280 g/mol. The molecule has 0 bridgehead atoms. The zero-order chi connectivity index (χ0) is 12.4. The second-order valence-corrected chi connectivity index (χ2v) is 3.47. The molecule has 0 atom stereocenters. The van der Waals surface area contributed by atoms with E-state index < -0.39 is 5.91 Å². The molecule has 90 valence electrons. The molecule has 7 heteroatoms. The number of benzene rings is 1. The first-order valence-corrected chi connectivity index (χ1v) is 4.82. The summed E-state index contributed by atoms with van der Waals surface area (Å²) in [6.07, 6.45) is 1.36. The molecule has 1 aromatic carbocycles. The Morgan fingerprint density at radius 1 is 1.21 bits per heavy atom.